The SMILES string of the molecule is CCS(=O)(=O)c1ccc(OC)c(-c2ccco2)c1. The smallest absolute Gasteiger partial charge is 0.178 e. The molecule has 0 radical (unpaired) electrons. The zero-order valence-corrected chi connectivity index (χ0v) is 11.0. The second-order valence-corrected chi connectivity index (χ2v) is 6.02. The van der Waals surface area contributed by atoms with Gasteiger partial charge in [-0.2, -0.15) is 0 Å². The third-order valence-corrected chi connectivity index (χ3v) is 4.43. The number of rotatable bonds is 4. The van der Waals surface area contributed by atoms with Crippen LogP contribution in [0.2, 0.25) is 0 Å². The fourth-order valence-corrected chi connectivity index (χ4v) is 2.58. The van der Waals surface area contributed by atoms with Crippen molar-refractivity contribution in [3.8, 4) is 17.1 Å². The number of sulfone groups is 1. The van der Waals surface area contributed by atoms with E-state index >= 15 is 0 Å². The lowest BCUT2D eigenvalue weighted by atomic mass is 10.1. The minimum absolute atomic E-state index is 0.0664. The van der Waals surface area contributed by atoms with Gasteiger partial charge in [0.25, 0.3) is 0 Å². The van der Waals surface area contributed by atoms with Crippen LogP contribution < -0.4 is 4.74 Å². The first-order valence-electron chi connectivity index (χ1n) is 5.53. The first kappa shape index (κ1) is 12.7. The molecule has 0 aliphatic carbocycles. The zero-order valence-electron chi connectivity index (χ0n) is 10.2. The highest BCUT2D eigenvalue weighted by Gasteiger charge is 2.16. The summed E-state index contributed by atoms with van der Waals surface area (Å²) in [6.07, 6.45) is 1.54. The summed E-state index contributed by atoms with van der Waals surface area (Å²) in [6.45, 7) is 1.62. The van der Waals surface area contributed by atoms with E-state index in [1.54, 1.807) is 37.3 Å². The topological polar surface area (TPSA) is 56.5 Å². The van der Waals surface area contributed by atoms with Crippen molar-refractivity contribution < 1.29 is 17.6 Å². The Balaban J connectivity index is 2.60. The number of hydrogen-bond donors (Lipinski definition) is 0. The first-order chi connectivity index (χ1) is 8.58. The predicted octanol–water partition coefficient (Wildman–Crippen LogP) is 2.75. The van der Waals surface area contributed by atoms with E-state index in [2.05, 4.69) is 0 Å². The van der Waals surface area contributed by atoms with Gasteiger partial charge in [0.15, 0.2) is 9.84 Å². The summed E-state index contributed by atoms with van der Waals surface area (Å²) < 4.78 is 34.2. The lowest BCUT2D eigenvalue weighted by Crippen LogP contribution is -2.04. The monoisotopic (exact) mass is 266 g/mol. The molecular formula is C13H14O4S. The van der Waals surface area contributed by atoms with E-state index < -0.39 is 9.84 Å². The van der Waals surface area contributed by atoms with Gasteiger partial charge in [-0.1, -0.05) is 6.92 Å². The van der Waals surface area contributed by atoms with Crippen LogP contribution in [0.3, 0.4) is 0 Å². The molecule has 2 rings (SSSR count). The maximum absolute atomic E-state index is 11.9. The van der Waals surface area contributed by atoms with Gasteiger partial charge in [-0.3, -0.25) is 0 Å². The molecule has 0 N–H and O–H groups in total. The van der Waals surface area contributed by atoms with Crippen molar-refractivity contribution in [2.75, 3.05) is 12.9 Å². The molecular weight excluding hydrogens is 252 g/mol. The third kappa shape index (κ3) is 2.26. The van der Waals surface area contributed by atoms with Crippen molar-refractivity contribution in [2.45, 2.75) is 11.8 Å². The Hall–Kier alpha value is -1.75. The highest BCUT2D eigenvalue weighted by Crippen LogP contribution is 2.32. The normalized spacial score (nSPS) is 11.4. The second kappa shape index (κ2) is 4.86. The van der Waals surface area contributed by atoms with E-state index in [4.69, 9.17) is 9.15 Å². The van der Waals surface area contributed by atoms with Crippen LogP contribution in [0.4, 0.5) is 0 Å². The Morgan fingerprint density at radius 3 is 2.61 bits per heavy atom. The Morgan fingerprint density at radius 2 is 2.06 bits per heavy atom. The largest absolute Gasteiger partial charge is 0.496 e. The van der Waals surface area contributed by atoms with E-state index in [1.807, 2.05) is 0 Å². The van der Waals surface area contributed by atoms with Gasteiger partial charge in [-0.05, 0) is 30.3 Å². The first-order valence-corrected chi connectivity index (χ1v) is 7.18. The Kier molecular flexibility index (Phi) is 3.43. The minimum atomic E-state index is -3.23. The molecule has 0 aliphatic heterocycles. The summed E-state index contributed by atoms with van der Waals surface area (Å²) in [5, 5.41) is 0. The molecule has 0 amide bonds. The van der Waals surface area contributed by atoms with Crippen molar-refractivity contribution in [1.29, 1.82) is 0 Å². The molecule has 0 saturated heterocycles. The van der Waals surface area contributed by atoms with E-state index in [0.29, 0.717) is 17.1 Å². The standard InChI is InChI=1S/C13H14O4S/c1-3-18(14,15)10-6-7-12(16-2)11(9-10)13-5-4-8-17-13/h4-9H,3H2,1-2H3. The predicted molar refractivity (Wildman–Crippen MR) is 68.4 cm³/mol. The van der Waals surface area contributed by atoms with E-state index in [0.717, 1.165) is 0 Å². The van der Waals surface area contributed by atoms with E-state index in [9.17, 15) is 8.42 Å². The lowest BCUT2D eigenvalue weighted by Gasteiger charge is -2.08. The molecule has 18 heavy (non-hydrogen) atoms. The van der Waals surface area contributed by atoms with Gasteiger partial charge in [0.1, 0.15) is 11.5 Å². The van der Waals surface area contributed by atoms with Crippen molar-refractivity contribution in [3.63, 3.8) is 0 Å². The van der Waals surface area contributed by atoms with Gasteiger partial charge in [0, 0.05) is 0 Å². The van der Waals surface area contributed by atoms with Gasteiger partial charge in [0.2, 0.25) is 0 Å². The average molecular weight is 266 g/mol. The summed E-state index contributed by atoms with van der Waals surface area (Å²) in [6, 6.07) is 8.27. The molecule has 0 spiro atoms. The van der Waals surface area contributed by atoms with Crippen molar-refractivity contribution >= 4 is 9.84 Å². The van der Waals surface area contributed by atoms with Gasteiger partial charge in [-0.25, -0.2) is 8.42 Å². The maximum atomic E-state index is 11.9. The van der Waals surface area contributed by atoms with Crippen LogP contribution in [0.15, 0.2) is 45.9 Å². The van der Waals surface area contributed by atoms with E-state index in [-0.39, 0.29) is 10.6 Å². The quantitative estimate of drug-likeness (QED) is 0.853. The number of furan rings is 1. The highest BCUT2D eigenvalue weighted by molar-refractivity contribution is 7.91. The molecule has 96 valence electrons. The Bertz CT molecular complexity index is 627. The summed E-state index contributed by atoms with van der Waals surface area (Å²) in [5.74, 6) is 1.23. The van der Waals surface area contributed by atoms with Gasteiger partial charge < -0.3 is 9.15 Å². The number of methoxy groups -OCH3 is 1. The number of benzene rings is 1. The molecule has 0 aliphatic rings. The molecule has 0 fully saturated rings. The number of ether oxygens (including phenoxy) is 1. The molecule has 1 aromatic heterocycles. The van der Waals surface area contributed by atoms with Crippen LogP contribution in [0.25, 0.3) is 11.3 Å². The molecule has 5 heteroatoms. The molecule has 1 heterocycles. The summed E-state index contributed by atoms with van der Waals surface area (Å²) >= 11 is 0. The van der Waals surface area contributed by atoms with Gasteiger partial charge in [-0.15, -0.1) is 0 Å². The van der Waals surface area contributed by atoms with Gasteiger partial charge in [0.05, 0.1) is 29.6 Å². The van der Waals surface area contributed by atoms with Crippen LogP contribution in [-0.4, -0.2) is 21.3 Å². The van der Waals surface area contributed by atoms with Crippen molar-refractivity contribution in [3.05, 3.63) is 36.6 Å². The molecule has 0 saturated carbocycles. The number of hydrogen-bond acceptors (Lipinski definition) is 4. The lowest BCUT2D eigenvalue weighted by molar-refractivity contribution is 0.414. The van der Waals surface area contributed by atoms with Gasteiger partial charge >= 0.3 is 0 Å². The zero-order chi connectivity index (χ0) is 13.2. The molecule has 4 nitrogen and oxygen atoms in total. The average Bonchev–Trinajstić information content (AvgIpc) is 2.91. The Morgan fingerprint density at radius 1 is 1.28 bits per heavy atom. The summed E-state index contributed by atoms with van der Waals surface area (Å²) in [7, 11) is -1.70. The summed E-state index contributed by atoms with van der Waals surface area (Å²) in [5.41, 5.74) is 0.636. The van der Waals surface area contributed by atoms with Crippen LogP contribution in [0.5, 0.6) is 5.75 Å². The molecule has 0 atom stereocenters. The third-order valence-electron chi connectivity index (χ3n) is 2.70. The van der Waals surface area contributed by atoms with Crippen molar-refractivity contribution in [1.82, 2.24) is 0 Å². The highest BCUT2D eigenvalue weighted by atomic mass is 32.2. The van der Waals surface area contributed by atoms with Crippen LogP contribution in [0, 0.1) is 0 Å². The Labute approximate surface area is 106 Å². The van der Waals surface area contributed by atoms with Crippen LogP contribution in [0.1, 0.15) is 6.92 Å². The molecule has 0 unspecified atom stereocenters. The van der Waals surface area contributed by atoms with Crippen LogP contribution in [-0.2, 0) is 9.84 Å². The van der Waals surface area contributed by atoms with Crippen LogP contribution >= 0.6 is 0 Å². The fourth-order valence-electron chi connectivity index (χ4n) is 1.67. The fraction of sp³-hybridized carbons (Fsp3) is 0.231. The molecule has 1 aromatic carbocycles. The maximum Gasteiger partial charge on any atom is 0.178 e. The molecule has 0 bridgehead atoms. The van der Waals surface area contributed by atoms with Crippen molar-refractivity contribution in [2.24, 2.45) is 0 Å². The summed E-state index contributed by atoms with van der Waals surface area (Å²) in [4.78, 5) is 0.275. The minimum Gasteiger partial charge on any atom is -0.496 e. The molecule has 2 aromatic rings. The second-order valence-electron chi connectivity index (χ2n) is 3.74. The van der Waals surface area contributed by atoms with E-state index in [1.165, 1.54) is 13.4 Å².